The Morgan fingerprint density at radius 1 is 1.30 bits per heavy atom. The minimum absolute atomic E-state index is 0. The van der Waals surface area contributed by atoms with Crippen molar-refractivity contribution in [1.29, 1.82) is 0 Å². The lowest BCUT2D eigenvalue weighted by molar-refractivity contribution is -0.142. The molecule has 5 N–H and O–H groups in total. The number of aliphatic carboxylic acids is 1. The van der Waals surface area contributed by atoms with Crippen LogP contribution in [0.15, 0.2) is 24.3 Å². The molecule has 0 radical (unpaired) electrons. The van der Waals surface area contributed by atoms with E-state index < -0.39 is 24.0 Å². The SMILES string of the molecule is CCC(N)C(=O)NC(Cc1ccc(O)cc1)C(=O)O.Cl. The van der Waals surface area contributed by atoms with Crippen LogP contribution in [0.5, 0.6) is 5.75 Å². The van der Waals surface area contributed by atoms with Crippen molar-refractivity contribution in [3.63, 3.8) is 0 Å². The number of hydrogen-bond donors (Lipinski definition) is 4. The predicted molar refractivity (Wildman–Crippen MR) is 76.9 cm³/mol. The Morgan fingerprint density at radius 3 is 2.30 bits per heavy atom. The van der Waals surface area contributed by atoms with Gasteiger partial charge in [-0.3, -0.25) is 4.79 Å². The summed E-state index contributed by atoms with van der Waals surface area (Å²) in [5, 5.41) is 20.6. The van der Waals surface area contributed by atoms with Crippen molar-refractivity contribution in [1.82, 2.24) is 5.32 Å². The van der Waals surface area contributed by atoms with Gasteiger partial charge in [0.15, 0.2) is 0 Å². The molecule has 2 atom stereocenters. The third-order valence-corrected chi connectivity index (χ3v) is 2.77. The zero-order valence-corrected chi connectivity index (χ0v) is 11.9. The van der Waals surface area contributed by atoms with Crippen molar-refractivity contribution in [2.24, 2.45) is 5.73 Å². The van der Waals surface area contributed by atoms with Gasteiger partial charge in [0.1, 0.15) is 11.8 Å². The Balaban J connectivity index is 0.00000361. The number of rotatable bonds is 6. The van der Waals surface area contributed by atoms with E-state index in [0.29, 0.717) is 12.0 Å². The van der Waals surface area contributed by atoms with Crippen LogP contribution in [0, 0.1) is 0 Å². The first-order valence-electron chi connectivity index (χ1n) is 6.00. The maximum absolute atomic E-state index is 11.6. The van der Waals surface area contributed by atoms with Crippen molar-refractivity contribution in [3.05, 3.63) is 29.8 Å². The van der Waals surface area contributed by atoms with Crippen LogP contribution in [0.4, 0.5) is 0 Å². The summed E-state index contributed by atoms with van der Waals surface area (Å²) >= 11 is 0. The van der Waals surface area contributed by atoms with E-state index in [9.17, 15) is 9.59 Å². The number of carboxylic acid groups (broad SMARTS) is 1. The maximum atomic E-state index is 11.6. The zero-order chi connectivity index (χ0) is 14.4. The summed E-state index contributed by atoms with van der Waals surface area (Å²) in [7, 11) is 0. The zero-order valence-electron chi connectivity index (χ0n) is 11.1. The van der Waals surface area contributed by atoms with Gasteiger partial charge in [0, 0.05) is 6.42 Å². The Labute approximate surface area is 123 Å². The third-order valence-electron chi connectivity index (χ3n) is 2.77. The second kappa shape index (κ2) is 8.39. The number of halogens is 1. The lowest BCUT2D eigenvalue weighted by Gasteiger charge is -2.17. The van der Waals surface area contributed by atoms with Crippen molar-refractivity contribution < 1.29 is 19.8 Å². The molecular formula is C13H19ClN2O4. The van der Waals surface area contributed by atoms with E-state index >= 15 is 0 Å². The number of phenols is 1. The molecule has 0 fully saturated rings. The molecule has 1 amide bonds. The van der Waals surface area contributed by atoms with Crippen molar-refractivity contribution in [2.75, 3.05) is 0 Å². The van der Waals surface area contributed by atoms with Crippen LogP contribution in [-0.2, 0) is 16.0 Å². The fourth-order valence-electron chi connectivity index (χ4n) is 1.53. The molecule has 0 bridgehead atoms. The molecule has 6 nitrogen and oxygen atoms in total. The van der Waals surface area contributed by atoms with Crippen LogP contribution >= 0.6 is 12.4 Å². The molecule has 0 aliphatic carbocycles. The predicted octanol–water partition coefficient (Wildman–Crippen LogP) is 0.663. The second-order valence-corrected chi connectivity index (χ2v) is 4.28. The molecule has 1 aromatic rings. The number of aromatic hydroxyl groups is 1. The molecule has 0 spiro atoms. The number of amides is 1. The van der Waals surface area contributed by atoms with Gasteiger partial charge >= 0.3 is 5.97 Å². The quantitative estimate of drug-likeness (QED) is 0.617. The molecule has 2 unspecified atom stereocenters. The molecule has 7 heteroatoms. The van der Waals surface area contributed by atoms with Crippen LogP contribution in [-0.4, -0.2) is 34.2 Å². The van der Waals surface area contributed by atoms with Gasteiger partial charge in [0.2, 0.25) is 5.91 Å². The molecule has 112 valence electrons. The Morgan fingerprint density at radius 2 is 1.85 bits per heavy atom. The largest absolute Gasteiger partial charge is 0.508 e. The van der Waals surface area contributed by atoms with E-state index in [1.54, 1.807) is 19.1 Å². The van der Waals surface area contributed by atoms with Crippen LogP contribution < -0.4 is 11.1 Å². The van der Waals surface area contributed by atoms with Crippen LogP contribution in [0.3, 0.4) is 0 Å². The first kappa shape index (κ1) is 18.2. The van der Waals surface area contributed by atoms with Crippen LogP contribution in [0.1, 0.15) is 18.9 Å². The van der Waals surface area contributed by atoms with Crippen LogP contribution in [0.2, 0.25) is 0 Å². The van der Waals surface area contributed by atoms with Gasteiger partial charge in [-0.05, 0) is 24.1 Å². The molecule has 1 aromatic carbocycles. The minimum Gasteiger partial charge on any atom is -0.508 e. The van der Waals surface area contributed by atoms with Gasteiger partial charge in [0.05, 0.1) is 6.04 Å². The number of nitrogens with one attached hydrogen (secondary N) is 1. The van der Waals surface area contributed by atoms with E-state index in [4.69, 9.17) is 15.9 Å². The summed E-state index contributed by atoms with van der Waals surface area (Å²) in [4.78, 5) is 22.7. The van der Waals surface area contributed by atoms with Gasteiger partial charge in [-0.1, -0.05) is 19.1 Å². The summed E-state index contributed by atoms with van der Waals surface area (Å²) in [6.45, 7) is 1.75. The highest BCUT2D eigenvalue weighted by Gasteiger charge is 2.22. The first-order chi connectivity index (χ1) is 8.93. The average molecular weight is 303 g/mol. The fraction of sp³-hybridized carbons (Fsp3) is 0.385. The highest BCUT2D eigenvalue weighted by molar-refractivity contribution is 5.86. The molecule has 0 saturated heterocycles. The molecular weight excluding hydrogens is 284 g/mol. The third kappa shape index (κ3) is 5.46. The second-order valence-electron chi connectivity index (χ2n) is 4.28. The smallest absolute Gasteiger partial charge is 0.326 e. The molecule has 0 saturated carbocycles. The number of nitrogens with two attached hydrogens (primary N) is 1. The molecule has 0 aliphatic heterocycles. The topological polar surface area (TPSA) is 113 Å². The number of phenolic OH excluding ortho intramolecular Hbond substituents is 1. The van der Waals surface area contributed by atoms with Crippen molar-refractivity contribution in [3.8, 4) is 5.75 Å². The van der Waals surface area contributed by atoms with Gasteiger partial charge in [0.25, 0.3) is 0 Å². The number of carbonyl (C=O) groups is 2. The molecule has 0 heterocycles. The summed E-state index contributed by atoms with van der Waals surface area (Å²) in [5.41, 5.74) is 6.24. The molecule has 0 aliphatic rings. The van der Waals surface area contributed by atoms with Crippen molar-refractivity contribution >= 4 is 24.3 Å². The number of hydrogen-bond acceptors (Lipinski definition) is 4. The Bertz CT molecular complexity index is 450. The van der Waals surface area contributed by atoms with E-state index in [0.717, 1.165) is 0 Å². The number of carboxylic acids is 1. The summed E-state index contributed by atoms with van der Waals surface area (Å²) in [5.74, 6) is -1.49. The van der Waals surface area contributed by atoms with Gasteiger partial charge in [-0.15, -0.1) is 12.4 Å². The Hall–Kier alpha value is -1.79. The number of benzene rings is 1. The van der Waals surface area contributed by atoms with E-state index in [-0.39, 0.29) is 24.6 Å². The summed E-state index contributed by atoms with van der Waals surface area (Å²) in [6, 6.07) is 4.41. The molecule has 1 rings (SSSR count). The average Bonchev–Trinajstić information content (AvgIpc) is 2.39. The molecule has 20 heavy (non-hydrogen) atoms. The fourth-order valence-corrected chi connectivity index (χ4v) is 1.53. The highest BCUT2D eigenvalue weighted by atomic mass is 35.5. The van der Waals surface area contributed by atoms with Crippen LogP contribution in [0.25, 0.3) is 0 Å². The lowest BCUT2D eigenvalue weighted by atomic mass is 10.1. The first-order valence-corrected chi connectivity index (χ1v) is 6.00. The summed E-state index contributed by atoms with van der Waals surface area (Å²) < 4.78 is 0. The van der Waals surface area contributed by atoms with E-state index in [1.807, 2.05) is 0 Å². The molecule has 0 aromatic heterocycles. The van der Waals surface area contributed by atoms with E-state index in [1.165, 1.54) is 12.1 Å². The van der Waals surface area contributed by atoms with Gasteiger partial charge in [-0.25, -0.2) is 4.79 Å². The maximum Gasteiger partial charge on any atom is 0.326 e. The van der Waals surface area contributed by atoms with Crippen molar-refractivity contribution in [2.45, 2.75) is 31.8 Å². The monoisotopic (exact) mass is 302 g/mol. The normalized spacial score (nSPS) is 12.9. The number of carbonyl (C=O) groups excluding carboxylic acids is 1. The van der Waals surface area contributed by atoms with Gasteiger partial charge < -0.3 is 21.3 Å². The lowest BCUT2D eigenvalue weighted by Crippen LogP contribution is -2.49. The standard InChI is InChI=1S/C13H18N2O4.ClH/c1-2-10(14)12(17)15-11(13(18)19)7-8-3-5-9(16)6-4-8;/h3-6,10-11,16H,2,7,14H2,1H3,(H,15,17)(H,18,19);1H. The highest BCUT2D eigenvalue weighted by Crippen LogP contribution is 2.11. The Kier molecular flexibility index (Phi) is 7.64. The van der Waals surface area contributed by atoms with Gasteiger partial charge in [-0.2, -0.15) is 0 Å². The summed E-state index contributed by atoms with van der Waals surface area (Å²) in [6.07, 6.45) is 0.579. The minimum atomic E-state index is -1.12. The van der Waals surface area contributed by atoms with E-state index in [2.05, 4.69) is 5.32 Å².